The number of imidazole rings is 1. The fraction of sp³-hybridized carbons (Fsp3) is 0.273. The van der Waals surface area contributed by atoms with Crippen molar-refractivity contribution in [1.82, 2.24) is 14.4 Å². The number of oxazole rings is 1. The number of aromatic nitrogens is 3. The Morgan fingerprint density at radius 2 is 2.45 bits per heavy atom. The van der Waals surface area contributed by atoms with Crippen molar-refractivity contribution in [3.05, 3.63) is 39.5 Å². The van der Waals surface area contributed by atoms with Gasteiger partial charge in [0.1, 0.15) is 12.0 Å². The largest absolute Gasteiger partial charge is 0.444 e. The molecule has 0 aliphatic heterocycles. The predicted octanol–water partition coefficient (Wildman–Crippen LogP) is 2.47. The molecule has 0 saturated heterocycles. The van der Waals surface area contributed by atoms with Crippen molar-refractivity contribution >= 4 is 27.9 Å². The van der Waals surface area contributed by atoms with Crippen molar-refractivity contribution in [3.63, 3.8) is 0 Å². The van der Waals surface area contributed by atoms with Crippen LogP contribution in [-0.2, 0) is 13.0 Å². The van der Waals surface area contributed by atoms with Gasteiger partial charge in [-0.15, -0.1) is 0 Å². The Kier molecular flexibility index (Phi) is 3.11. The number of hydrogen-bond acceptors (Lipinski definition) is 7. The maximum absolute atomic E-state index is 11.1. The van der Waals surface area contributed by atoms with Gasteiger partial charge in [0.2, 0.25) is 11.7 Å². The van der Waals surface area contributed by atoms with Crippen LogP contribution in [0.25, 0.3) is 4.96 Å². The highest BCUT2D eigenvalue weighted by Crippen LogP contribution is 2.28. The molecule has 104 valence electrons. The minimum atomic E-state index is -0.456. The summed E-state index contributed by atoms with van der Waals surface area (Å²) in [5.74, 6) is 1.40. The number of nitrogens with zero attached hydrogens (tertiary/aromatic N) is 4. The van der Waals surface area contributed by atoms with Crippen molar-refractivity contribution in [1.29, 1.82) is 0 Å². The lowest BCUT2D eigenvalue weighted by atomic mass is 10.4. The molecule has 0 atom stereocenters. The van der Waals surface area contributed by atoms with Crippen LogP contribution in [0.1, 0.15) is 18.6 Å². The van der Waals surface area contributed by atoms with Gasteiger partial charge in [-0.25, -0.2) is 4.98 Å². The van der Waals surface area contributed by atoms with Gasteiger partial charge in [0, 0.05) is 11.8 Å². The molecular formula is C11H11N5O3S. The first kappa shape index (κ1) is 12.6. The second kappa shape index (κ2) is 4.93. The van der Waals surface area contributed by atoms with Gasteiger partial charge in [-0.3, -0.25) is 0 Å². The molecule has 3 aromatic heterocycles. The Labute approximate surface area is 117 Å². The second-order valence-corrected chi connectivity index (χ2v) is 4.90. The Morgan fingerprint density at radius 1 is 1.60 bits per heavy atom. The van der Waals surface area contributed by atoms with Crippen LogP contribution in [0, 0.1) is 10.1 Å². The molecule has 0 aromatic carbocycles. The fourth-order valence-corrected chi connectivity index (χ4v) is 2.53. The highest BCUT2D eigenvalue weighted by Gasteiger charge is 2.23. The third-order valence-corrected chi connectivity index (χ3v) is 3.52. The SMILES string of the molecule is CCc1cnc(CNc2nc3sccn3c2[N+](=O)[O-])o1. The molecule has 20 heavy (non-hydrogen) atoms. The van der Waals surface area contributed by atoms with E-state index in [1.165, 1.54) is 15.7 Å². The molecule has 0 fully saturated rings. The fourth-order valence-electron chi connectivity index (χ4n) is 1.82. The first-order valence-corrected chi connectivity index (χ1v) is 6.84. The minimum absolute atomic E-state index is 0.0801. The lowest BCUT2D eigenvalue weighted by Gasteiger charge is -2.00. The number of thiazole rings is 1. The van der Waals surface area contributed by atoms with E-state index in [-0.39, 0.29) is 18.2 Å². The number of rotatable bonds is 5. The number of fused-ring (bicyclic) bond motifs is 1. The van der Waals surface area contributed by atoms with Crippen molar-refractivity contribution in [2.45, 2.75) is 19.9 Å². The summed E-state index contributed by atoms with van der Waals surface area (Å²) in [4.78, 5) is 19.5. The summed E-state index contributed by atoms with van der Waals surface area (Å²) in [6, 6.07) is 0. The number of anilines is 1. The van der Waals surface area contributed by atoms with E-state index in [1.54, 1.807) is 17.8 Å². The summed E-state index contributed by atoms with van der Waals surface area (Å²) in [6.45, 7) is 2.22. The highest BCUT2D eigenvalue weighted by atomic mass is 32.1. The van der Waals surface area contributed by atoms with Crippen LogP contribution in [0.15, 0.2) is 22.2 Å². The maximum Gasteiger partial charge on any atom is 0.372 e. The van der Waals surface area contributed by atoms with Crippen LogP contribution in [-0.4, -0.2) is 19.3 Å². The average molecular weight is 293 g/mol. The normalized spacial score (nSPS) is 11.1. The predicted molar refractivity (Wildman–Crippen MR) is 72.9 cm³/mol. The first-order valence-electron chi connectivity index (χ1n) is 5.96. The van der Waals surface area contributed by atoms with Gasteiger partial charge in [0.05, 0.1) is 12.7 Å². The summed E-state index contributed by atoms with van der Waals surface area (Å²) in [7, 11) is 0. The molecule has 0 amide bonds. The van der Waals surface area contributed by atoms with Crippen molar-refractivity contribution in [2.24, 2.45) is 0 Å². The Balaban J connectivity index is 1.84. The van der Waals surface area contributed by atoms with Gasteiger partial charge >= 0.3 is 5.82 Å². The Morgan fingerprint density at radius 3 is 3.15 bits per heavy atom. The van der Waals surface area contributed by atoms with Crippen molar-refractivity contribution in [2.75, 3.05) is 5.32 Å². The van der Waals surface area contributed by atoms with E-state index in [1.807, 2.05) is 6.92 Å². The van der Waals surface area contributed by atoms with Gasteiger partial charge in [-0.2, -0.15) is 9.38 Å². The zero-order chi connectivity index (χ0) is 14.1. The minimum Gasteiger partial charge on any atom is -0.444 e. The third kappa shape index (κ3) is 2.11. The molecule has 0 aliphatic rings. The summed E-state index contributed by atoms with van der Waals surface area (Å²) >= 11 is 1.34. The van der Waals surface area contributed by atoms with Gasteiger partial charge in [0.15, 0.2) is 0 Å². The van der Waals surface area contributed by atoms with E-state index in [9.17, 15) is 10.1 Å². The summed E-state index contributed by atoms with van der Waals surface area (Å²) in [5.41, 5.74) is 0. The van der Waals surface area contributed by atoms with E-state index in [0.717, 1.165) is 12.2 Å². The molecule has 8 nitrogen and oxygen atoms in total. The van der Waals surface area contributed by atoms with Crippen LogP contribution in [0.2, 0.25) is 0 Å². The van der Waals surface area contributed by atoms with E-state index >= 15 is 0 Å². The van der Waals surface area contributed by atoms with E-state index in [2.05, 4.69) is 15.3 Å². The molecule has 0 spiro atoms. The monoisotopic (exact) mass is 293 g/mol. The highest BCUT2D eigenvalue weighted by molar-refractivity contribution is 7.15. The van der Waals surface area contributed by atoms with Crippen molar-refractivity contribution in [3.8, 4) is 0 Å². The third-order valence-electron chi connectivity index (χ3n) is 2.77. The van der Waals surface area contributed by atoms with Gasteiger partial charge < -0.3 is 19.8 Å². The Bertz CT molecular complexity index is 759. The molecule has 0 aliphatic carbocycles. The van der Waals surface area contributed by atoms with Gasteiger partial charge in [0.25, 0.3) is 4.96 Å². The molecule has 3 rings (SSSR count). The molecule has 9 heteroatoms. The van der Waals surface area contributed by atoms with Gasteiger partial charge in [-0.1, -0.05) is 18.3 Å². The van der Waals surface area contributed by atoms with Crippen LogP contribution < -0.4 is 5.32 Å². The van der Waals surface area contributed by atoms with E-state index < -0.39 is 4.92 Å². The zero-order valence-corrected chi connectivity index (χ0v) is 11.4. The molecule has 0 bridgehead atoms. The van der Waals surface area contributed by atoms with E-state index in [4.69, 9.17) is 4.42 Å². The second-order valence-electron chi connectivity index (χ2n) is 4.02. The standard InChI is InChI=1S/C11H11N5O3S/c1-2-7-5-12-8(19-7)6-13-9-10(16(17)18)15-3-4-20-11(15)14-9/h3-5,13H,2,6H2,1H3. The lowest BCUT2D eigenvalue weighted by molar-refractivity contribution is -0.389. The van der Waals surface area contributed by atoms with Crippen LogP contribution in [0.3, 0.4) is 0 Å². The molecule has 3 aromatic rings. The number of aryl methyl sites for hydroxylation is 1. The number of hydrogen-bond donors (Lipinski definition) is 1. The number of nitrogens with one attached hydrogen (secondary N) is 1. The summed E-state index contributed by atoms with van der Waals surface area (Å²) in [6.07, 6.45) is 4.03. The topological polar surface area (TPSA) is 98.5 Å². The quantitative estimate of drug-likeness (QED) is 0.573. The summed E-state index contributed by atoms with van der Waals surface area (Å²) in [5, 5.41) is 15.8. The molecule has 0 saturated carbocycles. The molecule has 0 radical (unpaired) electrons. The average Bonchev–Trinajstić information content (AvgIpc) is 3.10. The Hall–Kier alpha value is -2.42. The van der Waals surface area contributed by atoms with E-state index in [0.29, 0.717) is 10.9 Å². The summed E-state index contributed by atoms with van der Waals surface area (Å²) < 4.78 is 6.88. The maximum atomic E-state index is 11.1. The number of nitro groups is 1. The molecule has 3 heterocycles. The smallest absolute Gasteiger partial charge is 0.372 e. The zero-order valence-electron chi connectivity index (χ0n) is 10.6. The first-order chi connectivity index (χ1) is 9.69. The van der Waals surface area contributed by atoms with Gasteiger partial charge in [-0.05, 0) is 4.92 Å². The molecule has 0 unspecified atom stereocenters. The van der Waals surface area contributed by atoms with Crippen LogP contribution in [0.4, 0.5) is 11.6 Å². The molecular weight excluding hydrogens is 282 g/mol. The van der Waals surface area contributed by atoms with Crippen LogP contribution >= 0.6 is 11.3 Å². The van der Waals surface area contributed by atoms with Crippen LogP contribution in [0.5, 0.6) is 0 Å². The van der Waals surface area contributed by atoms with Crippen molar-refractivity contribution < 1.29 is 9.34 Å². The lowest BCUT2D eigenvalue weighted by Crippen LogP contribution is -2.03. The molecule has 1 N–H and O–H groups in total.